The lowest BCUT2D eigenvalue weighted by Gasteiger charge is -2.39. The molecule has 3 aliphatic rings. The van der Waals surface area contributed by atoms with Crippen molar-refractivity contribution in [2.45, 2.75) is 71.6 Å². The van der Waals surface area contributed by atoms with Gasteiger partial charge in [0, 0.05) is 63.4 Å². The van der Waals surface area contributed by atoms with Gasteiger partial charge in [-0.05, 0) is 61.1 Å². The van der Waals surface area contributed by atoms with Crippen molar-refractivity contribution in [2.24, 2.45) is 0 Å². The molecule has 0 aromatic carbocycles. The zero-order chi connectivity index (χ0) is 17.0. The van der Waals surface area contributed by atoms with Crippen molar-refractivity contribution in [1.29, 1.82) is 0 Å². The summed E-state index contributed by atoms with van der Waals surface area (Å²) in [5, 5.41) is 0. The van der Waals surface area contributed by atoms with Crippen LogP contribution in [0.2, 0.25) is 0 Å². The summed E-state index contributed by atoms with van der Waals surface area (Å²) in [5.74, 6) is 0. The molecule has 0 radical (unpaired) electrons. The number of likely N-dealkylation sites (N-methyl/N-ethyl adjacent to an activating group) is 1. The molecule has 3 fully saturated rings. The van der Waals surface area contributed by atoms with Gasteiger partial charge in [-0.3, -0.25) is 14.7 Å². The lowest BCUT2D eigenvalue weighted by Crippen LogP contribution is -2.52. The highest BCUT2D eigenvalue weighted by Crippen LogP contribution is 2.22. The molecule has 3 saturated heterocycles. The van der Waals surface area contributed by atoms with Gasteiger partial charge in [-0.1, -0.05) is 0 Å². The molecule has 0 aromatic rings. The van der Waals surface area contributed by atoms with E-state index in [9.17, 15) is 0 Å². The van der Waals surface area contributed by atoms with E-state index in [1.165, 1.54) is 58.7 Å². The Bertz CT molecular complexity index is 344. The normalized spacial score (nSPS) is 31.3. The van der Waals surface area contributed by atoms with Crippen molar-refractivity contribution in [3.8, 4) is 0 Å². The molecule has 0 aromatic heterocycles. The minimum absolute atomic E-state index is 0.714. The number of fused-ring (bicyclic) bond motifs is 1. The van der Waals surface area contributed by atoms with Gasteiger partial charge in [-0.25, -0.2) is 0 Å². The predicted molar refractivity (Wildman–Crippen MR) is 100 cm³/mol. The molecule has 23 heavy (non-hydrogen) atoms. The van der Waals surface area contributed by atoms with Crippen LogP contribution in [0.25, 0.3) is 0 Å². The van der Waals surface area contributed by atoms with Gasteiger partial charge >= 0.3 is 0 Å². The van der Waals surface area contributed by atoms with Crippen LogP contribution in [0.3, 0.4) is 0 Å². The molecule has 0 saturated carbocycles. The average molecular weight is 325 g/mol. The Kier molecular flexibility index (Phi) is 7.33. The number of hydrogen-bond donors (Lipinski definition) is 0. The van der Waals surface area contributed by atoms with E-state index in [0.29, 0.717) is 6.04 Å². The Balaban J connectivity index is 0.000000168. The summed E-state index contributed by atoms with van der Waals surface area (Å²) in [4.78, 5) is 10.3. The van der Waals surface area contributed by atoms with Gasteiger partial charge in [0.25, 0.3) is 0 Å². The standard InChI is InChI=1S/C10H20N2.C9H20N2/c1-9(2)12-7-6-11-5-3-4-10(11)8-12;1-8(2)11-6-5-10(4)9(3)7-11/h9-10H,3-8H2,1-2H3;8-9H,5-7H2,1-4H3/t10-;9-/m11/s1. The number of hydrogen-bond acceptors (Lipinski definition) is 4. The molecule has 0 unspecified atom stereocenters. The molecular weight excluding hydrogens is 284 g/mol. The molecule has 0 bridgehead atoms. The summed E-state index contributed by atoms with van der Waals surface area (Å²) < 4.78 is 0. The molecule has 3 aliphatic heterocycles. The van der Waals surface area contributed by atoms with E-state index in [0.717, 1.165) is 18.1 Å². The van der Waals surface area contributed by atoms with Crippen LogP contribution >= 0.6 is 0 Å². The molecule has 0 aliphatic carbocycles. The smallest absolute Gasteiger partial charge is 0.0224 e. The van der Waals surface area contributed by atoms with Crippen molar-refractivity contribution in [2.75, 3.05) is 52.9 Å². The van der Waals surface area contributed by atoms with Crippen LogP contribution in [0.1, 0.15) is 47.5 Å². The van der Waals surface area contributed by atoms with Gasteiger partial charge in [0.2, 0.25) is 0 Å². The van der Waals surface area contributed by atoms with E-state index in [2.05, 4.69) is 61.3 Å². The fraction of sp³-hybridized carbons (Fsp3) is 1.00. The molecule has 3 rings (SSSR count). The topological polar surface area (TPSA) is 13.0 Å². The average Bonchev–Trinajstić information content (AvgIpc) is 2.97. The lowest BCUT2D eigenvalue weighted by molar-refractivity contribution is 0.0827. The minimum Gasteiger partial charge on any atom is -0.301 e. The number of rotatable bonds is 2. The van der Waals surface area contributed by atoms with Crippen molar-refractivity contribution in [3.05, 3.63) is 0 Å². The molecule has 0 N–H and O–H groups in total. The highest BCUT2D eigenvalue weighted by molar-refractivity contribution is 4.87. The van der Waals surface area contributed by atoms with Crippen LogP contribution in [0.15, 0.2) is 0 Å². The Morgan fingerprint density at radius 3 is 2.00 bits per heavy atom. The third-order valence-electron chi connectivity index (χ3n) is 6.07. The quantitative estimate of drug-likeness (QED) is 0.772. The predicted octanol–water partition coefficient (Wildman–Crippen LogP) is 2.21. The largest absolute Gasteiger partial charge is 0.301 e. The third-order valence-corrected chi connectivity index (χ3v) is 6.07. The monoisotopic (exact) mass is 324 g/mol. The SMILES string of the molecule is CC(C)N1CCN(C)[C@H](C)C1.CC(C)N1CCN2CCC[C@@H]2C1. The molecule has 0 amide bonds. The summed E-state index contributed by atoms with van der Waals surface area (Å²) in [6, 6.07) is 3.08. The second-order valence-electron chi connectivity index (χ2n) is 8.34. The number of nitrogens with zero attached hydrogens (tertiary/aromatic N) is 4. The summed E-state index contributed by atoms with van der Waals surface area (Å²) in [7, 11) is 2.21. The van der Waals surface area contributed by atoms with Gasteiger partial charge in [-0.15, -0.1) is 0 Å². The van der Waals surface area contributed by atoms with Crippen molar-refractivity contribution >= 4 is 0 Å². The van der Waals surface area contributed by atoms with Gasteiger partial charge < -0.3 is 4.90 Å². The maximum atomic E-state index is 2.67. The molecule has 4 nitrogen and oxygen atoms in total. The van der Waals surface area contributed by atoms with Crippen LogP contribution in [-0.4, -0.2) is 96.6 Å². The Morgan fingerprint density at radius 2 is 1.39 bits per heavy atom. The van der Waals surface area contributed by atoms with Gasteiger partial charge in [0.15, 0.2) is 0 Å². The van der Waals surface area contributed by atoms with Gasteiger partial charge in [0.05, 0.1) is 0 Å². The van der Waals surface area contributed by atoms with E-state index < -0.39 is 0 Å². The van der Waals surface area contributed by atoms with Gasteiger partial charge in [0.1, 0.15) is 0 Å². The third kappa shape index (κ3) is 5.42. The van der Waals surface area contributed by atoms with E-state index in [-0.39, 0.29) is 0 Å². The maximum Gasteiger partial charge on any atom is 0.0224 e. The van der Waals surface area contributed by atoms with E-state index in [1.54, 1.807) is 0 Å². The molecule has 4 heteroatoms. The second-order valence-corrected chi connectivity index (χ2v) is 8.34. The van der Waals surface area contributed by atoms with Gasteiger partial charge in [-0.2, -0.15) is 0 Å². The van der Waals surface area contributed by atoms with E-state index >= 15 is 0 Å². The van der Waals surface area contributed by atoms with Crippen LogP contribution < -0.4 is 0 Å². The molecule has 3 heterocycles. The second kappa shape index (κ2) is 8.80. The summed E-state index contributed by atoms with van der Waals surface area (Å²) >= 11 is 0. The van der Waals surface area contributed by atoms with E-state index in [1.807, 2.05) is 0 Å². The number of piperazine rings is 2. The first kappa shape index (κ1) is 19.2. The summed E-state index contributed by atoms with van der Waals surface area (Å²) in [6.45, 7) is 20.4. The zero-order valence-corrected chi connectivity index (χ0v) is 16.5. The molecule has 136 valence electrons. The first-order valence-electron chi connectivity index (χ1n) is 9.81. The maximum absolute atomic E-state index is 2.67. The Labute approximate surface area is 144 Å². The Hall–Kier alpha value is -0.160. The van der Waals surface area contributed by atoms with Crippen molar-refractivity contribution in [1.82, 2.24) is 19.6 Å². The minimum atomic E-state index is 0.714. The lowest BCUT2D eigenvalue weighted by atomic mass is 10.1. The van der Waals surface area contributed by atoms with Crippen LogP contribution in [0.5, 0.6) is 0 Å². The molecule has 2 atom stereocenters. The Morgan fingerprint density at radius 1 is 0.783 bits per heavy atom. The molecular formula is C19H40N4. The fourth-order valence-electron chi connectivity index (χ4n) is 4.03. The van der Waals surface area contributed by atoms with Crippen molar-refractivity contribution < 1.29 is 0 Å². The highest BCUT2D eigenvalue weighted by Gasteiger charge is 2.31. The first-order chi connectivity index (χ1) is 10.9. The van der Waals surface area contributed by atoms with Crippen molar-refractivity contribution in [3.63, 3.8) is 0 Å². The summed E-state index contributed by atoms with van der Waals surface area (Å²) in [5.41, 5.74) is 0. The van der Waals surface area contributed by atoms with Crippen LogP contribution in [0, 0.1) is 0 Å². The van der Waals surface area contributed by atoms with Crippen LogP contribution in [-0.2, 0) is 0 Å². The summed E-state index contributed by atoms with van der Waals surface area (Å²) in [6.07, 6.45) is 2.86. The fourth-order valence-corrected chi connectivity index (χ4v) is 4.03. The first-order valence-corrected chi connectivity index (χ1v) is 9.81. The highest BCUT2D eigenvalue weighted by atomic mass is 15.3. The zero-order valence-electron chi connectivity index (χ0n) is 16.5. The van der Waals surface area contributed by atoms with Crippen LogP contribution in [0.4, 0.5) is 0 Å². The molecule has 0 spiro atoms. The van der Waals surface area contributed by atoms with E-state index in [4.69, 9.17) is 0 Å².